The van der Waals surface area contributed by atoms with Crippen LogP contribution in [0.3, 0.4) is 0 Å². The summed E-state index contributed by atoms with van der Waals surface area (Å²) in [5.41, 5.74) is 0.310. The Kier molecular flexibility index (Phi) is 9.46. The Hall–Kier alpha value is -0.920. The van der Waals surface area contributed by atoms with Crippen LogP contribution in [0.2, 0.25) is 0 Å². The van der Waals surface area contributed by atoms with Gasteiger partial charge in [0, 0.05) is 5.56 Å². The van der Waals surface area contributed by atoms with Crippen molar-refractivity contribution in [3.8, 4) is 0 Å². The fraction of sp³-hybridized carbons (Fsp3) is 0.647. The molecule has 1 saturated carbocycles. The molecule has 19 heavy (non-hydrogen) atoms. The van der Waals surface area contributed by atoms with E-state index in [1.807, 2.05) is 27.7 Å². The van der Waals surface area contributed by atoms with Gasteiger partial charge in [0.2, 0.25) is 0 Å². The molecule has 1 aromatic rings. The first-order chi connectivity index (χ1) is 9.18. The number of hydrogen-bond donors (Lipinski definition) is 0. The molecule has 1 fully saturated rings. The minimum atomic E-state index is -0.380. The highest BCUT2D eigenvalue weighted by Gasteiger charge is 2.24. The summed E-state index contributed by atoms with van der Waals surface area (Å²) in [7, 11) is 0. The molecule has 0 radical (unpaired) electrons. The van der Waals surface area contributed by atoms with Gasteiger partial charge in [-0.15, -0.1) is 0 Å². The van der Waals surface area contributed by atoms with E-state index in [0.717, 1.165) is 25.7 Å². The lowest BCUT2D eigenvalue weighted by Crippen LogP contribution is -2.13. The Morgan fingerprint density at radius 2 is 1.26 bits per heavy atom. The number of hydrogen-bond acceptors (Lipinski definition) is 0. The lowest BCUT2D eigenvalue weighted by molar-refractivity contribution is 0.335. The summed E-state index contributed by atoms with van der Waals surface area (Å²) in [6, 6.07) is 4.15. The second-order valence-electron chi connectivity index (χ2n) is 4.59. The molecule has 0 N–H and O–H groups in total. The summed E-state index contributed by atoms with van der Waals surface area (Å²) < 4.78 is 27.0. The van der Waals surface area contributed by atoms with Crippen LogP contribution in [0.1, 0.15) is 71.8 Å². The van der Waals surface area contributed by atoms with E-state index < -0.39 is 0 Å². The van der Waals surface area contributed by atoms with Crippen molar-refractivity contribution in [3.63, 3.8) is 0 Å². The molecule has 110 valence electrons. The molecule has 0 bridgehead atoms. The van der Waals surface area contributed by atoms with Crippen LogP contribution < -0.4 is 0 Å². The minimum Gasteiger partial charge on any atom is -0.207 e. The molecule has 1 aliphatic carbocycles. The first kappa shape index (κ1) is 18.1. The zero-order chi connectivity index (χ0) is 14.8. The standard InChI is InChI=1S/C13H16F2.2C2H6/c1-9-5-7-10(8-6-9)13-11(14)3-2-4-12(13)15;2*1-2/h2-4,9-10H,5-8H2,1H3;2*1-2H3. The highest BCUT2D eigenvalue weighted by atomic mass is 19.1. The molecular weight excluding hydrogens is 242 g/mol. The zero-order valence-corrected chi connectivity index (χ0v) is 13.0. The fourth-order valence-electron chi connectivity index (χ4n) is 2.45. The summed E-state index contributed by atoms with van der Waals surface area (Å²) in [4.78, 5) is 0. The van der Waals surface area contributed by atoms with Crippen molar-refractivity contribution in [1.82, 2.24) is 0 Å². The maximum atomic E-state index is 13.5. The molecule has 2 rings (SSSR count). The Morgan fingerprint density at radius 1 is 0.842 bits per heavy atom. The summed E-state index contributed by atoms with van der Waals surface area (Å²) >= 11 is 0. The van der Waals surface area contributed by atoms with Crippen molar-refractivity contribution in [2.75, 3.05) is 0 Å². The highest BCUT2D eigenvalue weighted by Crippen LogP contribution is 2.37. The molecule has 1 aliphatic rings. The van der Waals surface area contributed by atoms with Gasteiger partial charge in [0.25, 0.3) is 0 Å². The first-order valence-electron chi connectivity index (χ1n) is 7.62. The largest absolute Gasteiger partial charge is 0.207 e. The maximum absolute atomic E-state index is 13.5. The second kappa shape index (κ2) is 9.94. The highest BCUT2D eigenvalue weighted by molar-refractivity contribution is 5.24. The number of rotatable bonds is 1. The molecule has 1 aromatic carbocycles. The van der Waals surface area contributed by atoms with Crippen LogP contribution in [0.25, 0.3) is 0 Å². The third kappa shape index (κ3) is 5.30. The summed E-state index contributed by atoms with van der Waals surface area (Å²) in [5.74, 6) is 0.0302. The van der Waals surface area contributed by atoms with E-state index in [1.54, 1.807) is 0 Å². The first-order valence-corrected chi connectivity index (χ1v) is 7.62. The molecule has 0 saturated heterocycles. The lowest BCUT2D eigenvalue weighted by atomic mass is 9.79. The maximum Gasteiger partial charge on any atom is 0.129 e. The molecule has 0 spiro atoms. The quantitative estimate of drug-likeness (QED) is 0.561. The van der Waals surface area contributed by atoms with Crippen LogP contribution >= 0.6 is 0 Å². The Bertz CT molecular complexity index is 319. The van der Waals surface area contributed by atoms with Crippen LogP contribution in [0.5, 0.6) is 0 Å². The normalized spacial score (nSPS) is 21.6. The van der Waals surface area contributed by atoms with Crippen LogP contribution in [0, 0.1) is 17.6 Å². The van der Waals surface area contributed by atoms with Gasteiger partial charge >= 0.3 is 0 Å². The van der Waals surface area contributed by atoms with E-state index in [1.165, 1.54) is 18.2 Å². The second-order valence-corrected chi connectivity index (χ2v) is 4.59. The van der Waals surface area contributed by atoms with Gasteiger partial charge in [0.05, 0.1) is 0 Å². The molecule has 0 atom stereocenters. The van der Waals surface area contributed by atoms with Crippen molar-refractivity contribution < 1.29 is 8.78 Å². The van der Waals surface area contributed by atoms with Crippen LogP contribution in [0.15, 0.2) is 18.2 Å². The van der Waals surface area contributed by atoms with Gasteiger partial charge in [0.1, 0.15) is 11.6 Å². The van der Waals surface area contributed by atoms with Crippen molar-refractivity contribution >= 4 is 0 Å². The minimum absolute atomic E-state index is 0.0856. The van der Waals surface area contributed by atoms with Gasteiger partial charge in [-0.1, -0.05) is 53.5 Å². The zero-order valence-electron chi connectivity index (χ0n) is 13.0. The number of halogens is 2. The van der Waals surface area contributed by atoms with Crippen molar-refractivity contribution in [2.24, 2.45) is 5.92 Å². The molecule has 2 heteroatoms. The molecule has 0 nitrogen and oxygen atoms in total. The predicted octanol–water partition coefficient (Wildman–Crippen LogP) is 6.31. The van der Waals surface area contributed by atoms with Gasteiger partial charge in [-0.05, 0) is 36.8 Å². The van der Waals surface area contributed by atoms with E-state index in [0.29, 0.717) is 11.5 Å². The van der Waals surface area contributed by atoms with Crippen LogP contribution in [-0.2, 0) is 0 Å². The van der Waals surface area contributed by atoms with E-state index >= 15 is 0 Å². The predicted molar refractivity (Wildman–Crippen MR) is 79.4 cm³/mol. The van der Waals surface area contributed by atoms with Gasteiger partial charge in [-0.2, -0.15) is 0 Å². The summed E-state index contributed by atoms with van der Waals surface area (Å²) in [6.45, 7) is 10.2. The monoisotopic (exact) mass is 270 g/mol. The van der Waals surface area contributed by atoms with Crippen LogP contribution in [0.4, 0.5) is 8.78 Å². The van der Waals surface area contributed by atoms with E-state index in [9.17, 15) is 8.78 Å². The molecule has 0 amide bonds. The average Bonchev–Trinajstić information content (AvgIpc) is 2.45. The van der Waals surface area contributed by atoms with Crippen molar-refractivity contribution in [2.45, 2.75) is 66.2 Å². The Labute approximate surface area is 117 Å². The van der Waals surface area contributed by atoms with Crippen molar-refractivity contribution in [3.05, 3.63) is 35.4 Å². The number of benzene rings is 1. The lowest BCUT2D eigenvalue weighted by Gasteiger charge is -2.26. The van der Waals surface area contributed by atoms with E-state index in [2.05, 4.69) is 6.92 Å². The molecule has 0 heterocycles. The Morgan fingerprint density at radius 3 is 1.68 bits per heavy atom. The molecule has 0 unspecified atom stereocenters. The topological polar surface area (TPSA) is 0 Å². The van der Waals surface area contributed by atoms with Gasteiger partial charge < -0.3 is 0 Å². The molecular formula is C17H28F2. The van der Waals surface area contributed by atoms with E-state index in [4.69, 9.17) is 0 Å². The van der Waals surface area contributed by atoms with Crippen LogP contribution in [-0.4, -0.2) is 0 Å². The third-order valence-electron chi connectivity index (χ3n) is 3.42. The van der Waals surface area contributed by atoms with Crippen molar-refractivity contribution in [1.29, 1.82) is 0 Å². The molecule has 0 aliphatic heterocycles. The summed E-state index contributed by atoms with van der Waals surface area (Å²) in [6.07, 6.45) is 3.99. The third-order valence-corrected chi connectivity index (χ3v) is 3.42. The summed E-state index contributed by atoms with van der Waals surface area (Å²) in [5, 5.41) is 0. The fourth-order valence-corrected chi connectivity index (χ4v) is 2.45. The average molecular weight is 270 g/mol. The SMILES string of the molecule is CC.CC.CC1CCC(c2c(F)cccc2F)CC1. The van der Waals surface area contributed by atoms with Gasteiger partial charge in [-0.3, -0.25) is 0 Å². The Balaban J connectivity index is 0.000000741. The van der Waals surface area contributed by atoms with Gasteiger partial charge in [0.15, 0.2) is 0 Å². The smallest absolute Gasteiger partial charge is 0.129 e. The van der Waals surface area contributed by atoms with E-state index in [-0.39, 0.29) is 17.6 Å². The molecule has 0 aromatic heterocycles. The van der Waals surface area contributed by atoms with Gasteiger partial charge in [-0.25, -0.2) is 8.78 Å².